The minimum atomic E-state index is -0.158. The van der Waals surface area contributed by atoms with Crippen molar-refractivity contribution in [2.75, 3.05) is 31.5 Å². The number of rotatable bonds is 4. The van der Waals surface area contributed by atoms with E-state index in [1.807, 2.05) is 0 Å². The minimum Gasteiger partial charge on any atom is -0.342 e. The van der Waals surface area contributed by atoms with Crippen molar-refractivity contribution < 1.29 is 9.59 Å². The Hall–Kier alpha value is -3.47. The van der Waals surface area contributed by atoms with Crippen LogP contribution in [0.2, 0.25) is 0 Å². The van der Waals surface area contributed by atoms with Gasteiger partial charge in [0.25, 0.3) is 5.91 Å². The Labute approximate surface area is 144 Å². The maximum atomic E-state index is 12.4. The molecule has 25 heavy (non-hydrogen) atoms. The lowest BCUT2D eigenvalue weighted by Crippen LogP contribution is -2.48. The molecule has 126 valence electrons. The van der Waals surface area contributed by atoms with Gasteiger partial charge in [-0.25, -0.2) is 9.97 Å². The maximum absolute atomic E-state index is 12.4. The predicted molar refractivity (Wildman–Crippen MR) is 90.0 cm³/mol. The molecule has 2 heterocycles. The summed E-state index contributed by atoms with van der Waals surface area (Å²) in [6.45, 7) is 2.04. The largest absolute Gasteiger partial charge is 0.342 e. The predicted octanol–water partition coefficient (Wildman–Crippen LogP) is 1.01. The third kappa shape index (κ3) is 3.72. The van der Waals surface area contributed by atoms with Gasteiger partial charge < -0.3 is 15.1 Å². The van der Waals surface area contributed by atoms with Gasteiger partial charge >= 0.3 is 0 Å². The minimum absolute atomic E-state index is 0.158. The molecule has 0 bridgehead atoms. The van der Waals surface area contributed by atoms with Crippen molar-refractivity contribution in [1.82, 2.24) is 19.8 Å². The first-order valence-corrected chi connectivity index (χ1v) is 7.78. The Morgan fingerprint density at radius 2 is 1.84 bits per heavy atom. The zero-order valence-electron chi connectivity index (χ0n) is 13.4. The number of carbonyl (C=O) groups is 2. The average molecular weight is 336 g/mol. The van der Waals surface area contributed by atoms with Crippen LogP contribution in [0.3, 0.4) is 0 Å². The van der Waals surface area contributed by atoms with Crippen molar-refractivity contribution in [3.8, 4) is 6.07 Å². The van der Waals surface area contributed by atoms with E-state index in [2.05, 4.69) is 21.4 Å². The number of nitrogens with one attached hydrogen (secondary N) is 1. The Morgan fingerprint density at radius 1 is 1.16 bits per heavy atom. The lowest BCUT2D eigenvalue weighted by atomic mass is 10.2. The van der Waals surface area contributed by atoms with Crippen LogP contribution in [0.15, 0.2) is 36.7 Å². The van der Waals surface area contributed by atoms with Crippen molar-refractivity contribution in [3.05, 3.63) is 47.8 Å². The molecular weight excluding hydrogens is 320 g/mol. The van der Waals surface area contributed by atoms with E-state index in [9.17, 15) is 9.59 Å². The Bertz CT molecular complexity index is 807. The van der Waals surface area contributed by atoms with E-state index in [1.165, 1.54) is 12.4 Å². The first kappa shape index (κ1) is 16.4. The van der Waals surface area contributed by atoms with Crippen molar-refractivity contribution in [1.29, 1.82) is 5.26 Å². The van der Waals surface area contributed by atoms with Crippen molar-refractivity contribution in [2.24, 2.45) is 0 Å². The third-order valence-corrected chi connectivity index (χ3v) is 3.94. The number of benzene rings is 1. The van der Waals surface area contributed by atoms with E-state index < -0.39 is 0 Å². The fourth-order valence-corrected chi connectivity index (χ4v) is 2.53. The van der Waals surface area contributed by atoms with Crippen LogP contribution in [0.1, 0.15) is 15.9 Å². The topological polar surface area (TPSA) is 102 Å². The Kier molecular flexibility index (Phi) is 4.85. The number of hydrogen-bond acceptors (Lipinski definition) is 6. The normalized spacial score (nSPS) is 13.9. The summed E-state index contributed by atoms with van der Waals surface area (Å²) in [5.41, 5.74) is 1.48. The molecule has 3 rings (SSSR count). The monoisotopic (exact) mass is 336 g/mol. The molecule has 0 spiro atoms. The van der Waals surface area contributed by atoms with Crippen LogP contribution in [0.5, 0.6) is 0 Å². The fraction of sp³-hybridized carbons (Fsp3) is 0.235. The SMILES string of the molecule is N#Cc1ccccc1Nc1ncc(C(=O)N2CCN(C=O)CC2)cn1. The second kappa shape index (κ2) is 7.40. The van der Waals surface area contributed by atoms with Crippen LogP contribution < -0.4 is 5.32 Å². The summed E-state index contributed by atoms with van der Waals surface area (Å²) in [5.74, 6) is 0.152. The lowest BCUT2D eigenvalue weighted by Gasteiger charge is -2.32. The average Bonchev–Trinajstić information content (AvgIpc) is 2.68. The summed E-state index contributed by atoms with van der Waals surface area (Å²) >= 11 is 0. The van der Waals surface area contributed by atoms with E-state index >= 15 is 0 Å². The van der Waals surface area contributed by atoms with Gasteiger partial charge in [0.2, 0.25) is 12.4 Å². The fourth-order valence-electron chi connectivity index (χ4n) is 2.53. The van der Waals surface area contributed by atoms with Crippen LogP contribution in [0, 0.1) is 11.3 Å². The molecule has 8 nitrogen and oxygen atoms in total. The standard InChI is InChI=1S/C17H16N6O2/c18-9-13-3-1-2-4-15(13)21-17-19-10-14(11-20-17)16(25)23-7-5-22(12-24)6-8-23/h1-4,10-12H,5-8H2,(H,19,20,21). The molecule has 8 heteroatoms. The van der Waals surface area contributed by atoms with Gasteiger partial charge in [0.05, 0.1) is 16.8 Å². The zero-order chi connectivity index (χ0) is 17.6. The number of aromatic nitrogens is 2. The molecule has 1 fully saturated rings. The van der Waals surface area contributed by atoms with Crippen molar-refractivity contribution >= 4 is 24.0 Å². The van der Waals surface area contributed by atoms with Crippen LogP contribution in [0.4, 0.5) is 11.6 Å². The zero-order valence-corrected chi connectivity index (χ0v) is 13.4. The van der Waals surface area contributed by atoms with Crippen LogP contribution in [-0.4, -0.2) is 58.3 Å². The quantitative estimate of drug-likeness (QED) is 0.836. The number of hydrogen-bond donors (Lipinski definition) is 1. The number of piperazine rings is 1. The number of amides is 2. The molecule has 0 aliphatic carbocycles. The summed E-state index contributed by atoms with van der Waals surface area (Å²) in [4.78, 5) is 34.8. The summed E-state index contributed by atoms with van der Waals surface area (Å²) in [7, 11) is 0. The molecule has 2 amide bonds. The van der Waals surface area contributed by atoms with Crippen LogP contribution in [0.25, 0.3) is 0 Å². The molecule has 2 aromatic rings. The van der Waals surface area contributed by atoms with Gasteiger partial charge in [-0.15, -0.1) is 0 Å². The molecule has 1 aromatic heterocycles. The van der Waals surface area contributed by atoms with Gasteiger partial charge in [-0.3, -0.25) is 9.59 Å². The summed E-state index contributed by atoms with van der Waals surface area (Å²) in [6.07, 6.45) is 3.71. The first-order chi connectivity index (χ1) is 12.2. The van der Waals surface area contributed by atoms with Gasteiger partial charge in [0.1, 0.15) is 6.07 Å². The smallest absolute Gasteiger partial charge is 0.257 e. The van der Waals surface area contributed by atoms with E-state index in [0.29, 0.717) is 48.9 Å². The van der Waals surface area contributed by atoms with E-state index in [4.69, 9.17) is 5.26 Å². The highest BCUT2D eigenvalue weighted by Gasteiger charge is 2.21. The van der Waals surface area contributed by atoms with Crippen LogP contribution >= 0.6 is 0 Å². The summed E-state index contributed by atoms with van der Waals surface area (Å²) in [6, 6.07) is 9.12. The Morgan fingerprint density at radius 3 is 2.48 bits per heavy atom. The molecule has 1 N–H and O–H groups in total. The molecule has 1 saturated heterocycles. The molecular formula is C17H16N6O2. The first-order valence-electron chi connectivity index (χ1n) is 7.78. The molecule has 0 radical (unpaired) electrons. The molecule has 0 unspecified atom stereocenters. The van der Waals surface area contributed by atoms with Gasteiger partial charge in [0.15, 0.2) is 0 Å². The third-order valence-electron chi connectivity index (χ3n) is 3.94. The highest BCUT2D eigenvalue weighted by molar-refractivity contribution is 5.93. The number of nitrogens with zero attached hydrogens (tertiary/aromatic N) is 5. The number of nitriles is 1. The number of para-hydroxylation sites is 1. The molecule has 1 aliphatic heterocycles. The van der Waals surface area contributed by atoms with Gasteiger partial charge in [-0.05, 0) is 12.1 Å². The highest BCUT2D eigenvalue weighted by atomic mass is 16.2. The van der Waals surface area contributed by atoms with E-state index in [1.54, 1.807) is 34.1 Å². The van der Waals surface area contributed by atoms with Gasteiger partial charge in [-0.2, -0.15) is 5.26 Å². The van der Waals surface area contributed by atoms with Gasteiger partial charge in [0, 0.05) is 38.6 Å². The second-order valence-corrected chi connectivity index (χ2v) is 5.51. The van der Waals surface area contributed by atoms with Crippen LogP contribution in [-0.2, 0) is 4.79 Å². The lowest BCUT2D eigenvalue weighted by molar-refractivity contribution is -0.119. The summed E-state index contributed by atoms with van der Waals surface area (Å²) in [5, 5.41) is 12.1. The summed E-state index contributed by atoms with van der Waals surface area (Å²) < 4.78 is 0. The molecule has 1 aliphatic rings. The van der Waals surface area contributed by atoms with Gasteiger partial charge in [-0.1, -0.05) is 12.1 Å². The number of carbonyl (C=O) groups excluding carboxylic acids is 2. The Balaban J connectivity index is 1.67. The van der Waals surface area contributed by atoms with E-state index in [-0.39, 0.29) is 5.91 Å². The van der Waals surface area contributed by atoms with E-state index in [0.717, 1.165) is 6.41 Å². The molecule has 1 aromatic carbocycles. The maximum Gasteiger partial charge on any atom is 0.257 e. The number of anilines is 2. The molecule has 0 atom stereocenters. The van der Waals surface area contributed by atoms with Crippen molar-refractivity contribution in [3.63, 3.8) is 0 Å². The molecule has 0 saturated carbocycles. The highest BCUT2D eigenvalue weighted by Crippen LogP contribution is 2.17. The second-order valence-electron chi connectivity index (χ2n) is 5.51. The van der Waals surface area contributed by atoms with Crippen molar-refractivity contribution in [2.45, 2.75) is 0 Å².